The Hall–Kier alpha value is -1.26. The minimum absolute atomic E-state index is 0.636. The predicted molar refractivity (Wildman–Crippen MR) is 84.1 cm³/mol. The molecule has 0 aliphatic carbocycles. The van der Waals surface area contributed by atoms with Crippen LogP contribution in [0.2, 0.25) is 0 Å². The van der Waals surface area contributed by atoms with Crippen LogP contribution in [0.25, 0.3) is 0 Å². The Labute approximate surface area is 118 Å². The summed E-state index contributed by atoms with van der Waals surface area (Å²) in [6, 6.07) is 11.4. The van der Waals surface area contributed by atoms with Gasteiger partial charge in [-0.25, -0.2) is 0 Å². The van der Waals surface area contributed by atoms with Gasteiger partial charge in [0, 0.05) is 12.5 Å². The Morgan fingerprint density at radius 3 is 2.58 bits per heavy atom. The third-order valence-electron chi connectivity index (χ3n) is 3.42. The van der Waals surface area contributed by atoms with E-state index in [1.807, 2.05) is 0 Å². The first-order valence-electron chi connectivity index (χ1n) is 7.57. The van der Waals surface area contributed by atoms with E-state index in [1.165, 1.54) is 37.7 Å². The molecule has 0 aliphatic heterocycles. The Morgan fingerprint density at radius 2 is 1.89 bits per heavy atom. The smallest absolute Gasteiger partial charge is 0.00866 e. The van der Waals surface area contributed by atoms with Crippen molar-refractivity contribution >= 4 is 0 Å². The molecule has 0 bridgehead atoms. The minimum Gasteiger partial charge on any atom is -0.314 e. The minimum atomic E-state index is 0.636. The van der Waals surface area contributed by atoms with Gasteiger partial charge in [-0.1, -0.05) is 37.3 Å². The molecular weight excluding hydrogens is 230 g/mol. The standard InChI is InChI=1S/C18H27N/c1-3-5-7-14-18(19-16-4-2)15-10-13-17-11-8-6-9-12-17/h1,6,8-9,11-12,18-19H,4-5,7,10,13-16H2,2H3. The zero-order valence-electron chi connectivity index (χ0n) is 12.2. The lowest BCUT2D eigenvalue weighted by Crippen LogP contribution is -2.29. The summed E-state index contributed by atoms with van der Waals surface area (Å²) < 4.78 is 0. The fraction of sp³-hybridized carbons (Fsp3) is 0.556. The highest BCUT2D eigenvalue weighted by Gasteiger charge is 2.07. The van der Waals surface area contributed by atoms with Crippen LogP contribution in [-0.4, -0.2) is 12.6 Å². The van der Waals surface area contributed by atoms with Crippen LogP contribution in [-0.2, 0) is 6.42 Å². The van der Waals surface area contributed by atoms with E-state index >= 15 is 0 Å². The molecule has 0 heterocycles. The summed E-state index contributed by atoms with van der Waals surface area (Å²) >= 11 is 0. The topological polar surface area (TPSA) is 12.0 Å². The van der Waals surface area contributed by atoms with Gasteiger partial charge in [-0.2, -0.15) is 0 Å². The Bertz CT molecular complexity index is 350. The fourth-order valence-electron chi connectivity index (χ4n) is 2.34. The SMILES string of the molecule is C#CCCCC(CCCc1ccccc1)NCCC. The van der Waals surface area contributed by atoms with Gasteiger partial charge in [0.1, 0.15) is 0 Å². The molecule has 1 heteroatoms. The predicted octanol–water partition coefficient (Wildman–Crippen LogP) is 4.18. The first-order valence-corrected chi connectivity index (χ1v) is 7.57. The quantitative estimate of drug-likeness (QED) is 0.490. The molecule has 0 saturated carbocycles. The fourth-order valence-corrected chi connectivity index (χ4v) is 2.34. The van der Waals surface area contributed by atoms with Crippen molar-refractivity contribution in [1.29, 1.82) is 0 Å². The summed E-state index contributed by atoms with van der Waals surface area (Å²) in [5.41, 5.74) is 1.44. The largest absolute Gasteiger partial charge is 0.314 e. The number of rotatable bonds is 10. The maximum absolute atomic E-state index is 5.32. The molecular formula is C18H27N. The molecule has 1 unspecified atom stereocenters. The summed E-state index contributed by atoms with van der Waals surface area (Å²) in [6.07, 6.45) is 13.5. The molecule has 0 saturated heterocycles. The molecule has 0 fully saturated rings. The van der Waals surface area contributed by atoms with Gasteiger partial charge in [0.2, 0.25) is 0 Å². The van der Waals surface area contributed by atoms with Crippen molar-refractivity contribution in [2.45, 2.75) is 57.9 Å². The van der Waals surface area contributed by atoms with E-state index in [0.29, 0.717) is 6.04 Å². The maximum atomic E-state index is 5.32. The van der Waals surface area contributed by atoms with Crippen molar-refractivity contribution in [2.75, 3.05) is 6.54 Å². The third-order valence-corrected chi connectivity index (χ3v) is 3.42. The van der Waals surface area contributed by atoms with Crippen molar-refractivity contribution in [2.24, 2.45) is 0 Å². The molecule has 1 N–H and O–H groups in total. The highest BCUT2D eigenvalue weighted by atomic mass is 14.9. The van der Waals surface area contributed by atoms with Crippen molar-refractivity contribution in [3.8, 4) is 12.3 Å². The van der Waals surface area contributed by atoms with E-state index in [0.717, 1.165) is 19.4 Å². The van der Waals surface area contributed by atoms with E-state index in [9.17, 15) is 0 Å². The normalized spacial score (nSPS) is 12.0. The first kappa shape index (κ1) is 15.8. The molecule has 1 aromatic carbocycles. The van der Waals surface area contributed by atoms with Crippen molar-refractivity contribution in [3.05, 3.63) is 35.9 Å². The van der Waals surface area contributed by atoms with Crippen LogP contribution in [0.15, 0.2) is 30.3 Å². The molecule has 1 rings (SSSR count). The lowest BCUT2D eigenvalue weighted by molar-refractivity contribution is 0.433. The molecule has 0 amide bonds. The van der Waals surface area contributed by atoms with Gasteiger partial charge in [-0.3, -0.25) is 0 Å². The van der Waals surface area contributed by atoms with Crippen LogP contribution >= 0.6 is 0 Å². The van der Waals surface area contributed by atoms with Gasteiger partial charge in [-0.05, 0) is 50.6 Å². The highest BCUT2D eigenvalue weighted by Crippen LogP contribution is 2.11. The average Bonchev–Trinajstić information content (AvgIpc) is 2.45. The second-order valence-electron chi connectivity index (χ2n) is 5.13. The van der Waals surface area contributed by atoms with Gasteiger partial charge in [0.05, 0.1) is 0 Å². The van der Waals surface area contributed by atoms with E-state index < -0.39 is 0 Å². The molecule has 1 atom stereocenters. The van der Waals surface area contributed by atoms with Gasteiger partial charge >= 0.3 is 0 Å². The summed E-state index contributed by atoms with van der Waals surface area (Å²) in [4.78, 5) is 0. The van der Waals surface area contributed by atoms with E-state index in [1.54, 1.807) is 0 Å². The van der Waals surface area contributed by atoms with E-state index in [-0.39, 0.29) is 0 Å². The number of hydrogen-bond acceptors (Lipinski definition) is 1. The van der Waals surface area contributed by atoms with Gasteiger partial charge in [0.25, 0.3) is 0 Å². The van der Waals surface area contributed by atoms with E-state index in [2.05, 4.69) is 48.5 Å². The number of aryl methyl sites for hydroxylation is 1. The third kappa shape index (κ3) is 7.70. The molecule has 0 spiro atoms. The summed E-state index contributed by atoms with van der Waals surface area (Å²) in [6.45, 7) is 3.33. The average molecular weight is 257 g/mol. The van der Waals surface area contributed by atoms with Crippen molar-refractivity contribution in [1.82, 2.24) is 5.32 Å². The second kappa shape index (κ2) is 10.6. The Kier molecular flexibility index (Phi) is 8.85. The van der Waals surface area contributed by atoms with Gasteiger partial charge < -0.3 is 5.32 Å². The Morgan fingerprint density at radius 1 is 1.16 bits per heavy atom. The lowest BCUT2D eigenvalue weighted by atomic mass is 10.0. The first-order chi connectivity index (χ1) is 9.36. The van der Waals surface area contributed by atoms with Crippen LogP contribution in [0, 0.1) is 12.3 Å². The summed E-state index contributed by atoms with van der Waals surface area (Å²) in [5.74, 6) is 2.73. The molecule has 1 aromatic rings. The summed E-state index contributed by atoms with van der Waals surface area (Å²) in [7, 11) is 0. The molecule has 104 valence electrons. The Balaban J connectivity index is 2.25. The van der Waals surface area contributed by atoms with Crippen LogP contribution in [0.1, 0.15) is 51.0 Å². The zero-order chi connectivity index (χ0) is 13.8. The van der Waals surface area contributed by atoms with Crippen LogP contribution < -0.4 is 5.32 Å². The zero-order valence-corrected chi connectivity index (χ0v) is 12.2. The number of hydrogen-bond donors (Lipinski definition) is 1. The number of terminal acetylenes is 1. The van der Waals surface area contributed by atoms with E-state index in [4.69, 9.17) is 6.42 Å². The molecule has 19 heavy (non-hydrogen) atoms. The number of benzene rings is 1. The van der Waals surface area contributed by atoms with Crippen LogP contribution in [0.4, 0.5) is 0 Å². The van der Waals surface area contributed by atoms with Crippen LogP contribution in [0.5, 0.6) is 0 Å². The highest BCUT2D eigenvalue weighted by molar-refractivity contribution is 5.14. The second-order valence-corrected chi connectivity index (χ2v) is 5.13. The monoisotopic (exact) mass is 257 g/mol. The van der Waals surface area contributed by atoms with Crippen molar-refractivity contribution in [3.63, 3.8) is 0 Å². The molecule has 0 aliphatic rings. The number of nitrogens with one attached hydrogen (secondary N) is 1. The summed E-state index contributed by atoms with van der Waals surface area (Å²) in [5, 5.41) is 3.65. The van der Waals surface area contributed by atoms with Crippen molar-refractivity contribution < 1.29 is 0 Å². The molecule has 0 aromatic heterocycles. The van der Waals surface area contributed by atoms with Gasteiger partial charge in [-0.15, -0.1) is 12.3 Å². The van der Waals surface area contributed by atoms with Gasteiger partial charge in [0.15, 0.2) is 0 Å². The maximum Gasteiger partial charge on any atom is 0.00866 e. The van der Waals surface area contributed by atoms with Crippen LogP contribution in [0.3, 0.4) is 0 Å². The molecule has 1 nitrogen and oxygen atoms in total. The lowest BCUT2D eigenvalue weighted by Gasteiger charge is -2.18. The molecule has 0 radical (unpaired) electrons. The number of unbranched alkanes of at least 4 members (excludes halogenated alkanes) is 1.